The van der Waals surface area contributed by atoms with Gasteiger partial charge in [0.1, 0.15) is 0 Å². The molecular weight excluding hydrogens is 721 g/mol. The van der Waals surface area contributed by atoms with Crippen LogP contribution in [-0.2, 0) is 10.8 Å². The monoisotopic (exact) mass is 764 g/mol. The summed E-state index contributed by atoms with van der Waals surface area (Å²) in [4.78, 5) is 0. The van der Waals surface area contributed by atoms with Gasteiger partial charge in [-0.25, -0.2) is 0 Å². The molecule has 10 aromatic rings. The number of fused-ring (bicyclic) bond motifs is 9. The molecule has 0 aliphatic heterocycles. The van der Waals surface area contributed by atoms with E-state index in [1.54, 1.807) is 0 Å². The first kappa shape index (κ1) is 35.0. The fraction of sp³-hybridized carbons (Fsp3) is 0.100. The van der Waals surface area contributed by atoms with Crippen LogP contribution in [0.15, 0.2) is 194 Å². The molecule has 0 radical (unpaired) electrons. The van der Waals surface area contributed by atoms with Crippen molar-refractivity contribution in [3.8, 4) is 66.8 Å². The first-order valence-electron chi connectivity index (χ1n) is 21.3. The van der Waals surface area contributed by atoms with E-state index in [-0.39, 0.29) is 10.8 Å². The van der Waals surface area contributed by atoms with E-state index in [4.69, 9.17) is 0 Å². The van der Waals surface area contributed by atoms with E-state index in [2.05, 4.69) is 222 Å². The molecule has 0 heteroatoms. The smallest absolute Gasteiger partial charge is 0.0159 e. The van der Waals surface area contributed by atoms with Crippen LogP contribution in [0.3, 0.4) is 0 Å². The lowest BCUT2D eigenvalue weighted by atomic mass is 9.80. The lowest BCUT2D eigenvalue weighted by Gasteiger charge is -2.23. The van der Waals surface area contributed by atoms with Gasteiger partial charge in [-0.2, -0.15) is 0 Å². The highest BCUT2D eigenvalue weighted by molar-refractivity contribution is 6.22. The Morgan fingerprint density at radius 2 is 0.717 bits per heavy atom. The molecule has 0 heterocycles. The molecular formula is C60H44. The third-order valence-corrected chi connectivity index (χ3v) is 14.1. The molecule has 0 aromatic heterocycles. The second kappa shape index (κ2) is 12.7. The largest absolute Gasteiger partial charge is 0.0619 e. The van der Waals surface area contributed by atoms with Crippen LogP contribution in [0.4, 0.5) is 0 Å². The molecule has 0 spiro atoms. The molecule has 0 amide bonds. The minimum absolute atomic E-state index is 0.0500. The molecule has 284 valence electrons. The molecule has 0 N–H and O–H groups in total. The van der Waals surface area contributed by atoms with Crippen molar-refractivity contribution < 1.29 is 0 Å². The van der Waals surface area contributed by atoms with Crippen molar-refractivity contribution in [2.45, 2.75) is 38.5 Å². The molecule has 0 nitrogen and oxygen atoms in total. The Balaban J connectivity index is 1.09. The highest BCUT2D eigenvalue weighted by atomic mass is 14.4. The topological polar surface area (TPSA) is 0 Å². The number of rotatable bonds is 4. The summed E-state index contributed by atoms with van der Waals surface area (Å²) in [6.45, 7) is 9.48. The molecule has 2 aliphatic carbocycles. The van der Waals surface area contributed by atoms with Crippen LogP contribution in [0.2, 0.25) is 0 Å². The van der Waals surface area contributed by atoms with Crippen LogP contribution >= 0.6 is 0 Å². The van der Waals surface area contributed by atoms with Crippen LogP contribution in [0.5, 0.6) is 0 Å². The van der Waals surface area contributed by atoms with E-state index in [0.717, 1.165) is 0 Å². The van der Waals surface area contributed by atoms with Crippen molar-refractivity contribution >= 4 is 32.3 Å². The maximum absolute atomic E-state index is 2.48. The van der Waals surface area contributed by atoms with Crippen molar-refractivity contribution in [2.75, 3.05) is 0 Å². The van der Waals surface area contributed by atoms with E-state index >= 15 is 0 Å². The second-order valence-electron chi connectivity index (χ2n) is 18.1. The molecule has 2 aliphatic rings. The van der Waals surface area contributed by atoms with Crippen LogP contribution in [-0.4, -0.2) is 0 Å². The summed E-state index contributed by atoms with van der Waals surface area (Å²) >= 11 is 0. The van der Waals surface area contributed by atoms with Crippen LogP contribution in [0, 0.1) is 0 Å². The van der Waals surface area contributed by atoms with Crippen molar-refractivity contribution in [3.05, 3.63) is 216 Å². The van der Waals surface area contributed by atoms with Crippen molar-refractivity contribution in [3.63, 3.8) is 0 Å². The van der Waals surface area contributed by atoms with Gasteiger partial charge >= 0.3 is 0 Å². The average molecular weight is 765 g/mol. The zero-order valence-electron chi connectivity index (χ0n) is 34.5. The molecule has 10 aromatic carbocycles. The first-order chi connectivity index (χ1) is 29.3. The van der Waals surface area contributed by atoms with Crippen molar-refractivity contribution in [2.24, 2.45) is 0 Å². The van der Waals surface area contributed by atoms with E-state index in [0.29, 0.717) is 0 Å². The molecule has 0 saturated carbocycles. The number of hydrogen-bond donors (Lipinski definition) is 0. The maximum atomic E-state index is 2.48. The summed E-state index contributed by atoms with van der Waals surface area (Å²) in [6, 6.07) is 73.2. The fourth-order valence-electron chi connectivity index (χ4n) is 10.9. The fourth-order valence-corrected chi connectivity index (χ4v) is 10.9. The Labute approximate surface area is 352 Å². The van der Waals surface area contributed by atoms with Gasteiger partial charge in [0, 0.05) is 10.8 Å². The maximum Gasteiger partial charge on any atom is 0.0159 e. The van der Waals surface area contributed by atoms with Gasteiger partial charge < -0.3 is 0 Å². The molecule has 0 saturated heterocycles. The van der Waals surface area contributed by atoms with Gasteiger partial charge in [0.05, 0.1) is 0 Å². The van der Waals surface area contributed by atoms with E-state index in [1.807, 2.05) is 0 Å². The molecule has 0 unspecified atom stereocenters. The van der Waals surface area contributed by atoms with Crippen LogP contribution in [0.25, 0.3) is 99.1 Å². The third-order valence-electron chi connectivity index (χ3n) is 14.1. The number of benzene rings is 10. The van der Waals surface area contributed by atoms with Gasteiger partial charge in [0.2, 0.25) is 0 Å². The summed E-state index contributed by atoms with van der Waals surface area (Å²) < 4.78 is 0. The van der Waals surface area contributed by atoms with E-state index < -0.39 is 0 Å². The average Bonchev–Trinajstić information content (AvgIpc) is 3.66. The summed E-state index contributed by atoms with van der Waals surface area (Å²) in [7, 11) is 0. The zero-order valence-corrected chi connectivity index (χ0v) is 34.5. The quantitative estimate of drug-likeness (QED) is 0.157. The van der Waals surface area contributed by atoms with E-state index in [9.17, 15) is 0 Å². The van der Waals surface area contributed by atoms with Gasteiger partial charge in [-0.15, -0.1) is 0 Å². The van der Waals surface area contributed by atoms with Gasteiger partial charge in [0.15, 0.2) is 0 Å². The van der Waals surface area contributed by atoms with Crippen LogP contribution < -0.4 is 0 Å². The lowest BCUT2D eigenvalue weighted by Crippen LogP contribution is -2.14. The Bertz CT molecular complexity index is 3410. The Kier molecular flexibility index (Phi) is 7.42. The second-order valence-corrected chi connectivity index (χ2v) is 18.1. The van der Waals surface area contributed by atoms with Gasteiger partial charge in [-0.1, -0.05) is 198 Å². The summed E-state index contributed by atoms with van der Waals surface area (Å²) in [5, 5.41) is 7.60. The summed E-state index contributed by atoms with van der Waals surface area (Å²) in [5.74, 6) is 0. The van der Waals surface area contributed by atoms with Gasteiger partial charge in [-0.05, 0) is 146 Å². The Morgan fingerprint density at radius 3 is 1.47 bits per heavy atom. The van der Waals surface area contributed by atoms with Crippen LogP contribution in [0.1, 0.15) is 49.9 Å². The standard InChI is InChI=1S/C60H44/c1-59(2)54-20-12-10-16-46(54)51-35-44(29-32-55(51)59)58-49-18-8-7-17-48(49)57(39-24-21-38(22-25-39)41-26-23-37-13-5-6-14-40(37)33-41)50-31-28-42(34-52(50)58)43-27-30-47-45-15-9-11-19-53(45)60(3,4)56(47)36-43/h5-36H,1-4H3. The highest BCUT2D eigenvalue weighted by Gasteiger charge is 2.36. The molecule has 0 bridgehead atoms. The first-order valence-corrected chi connectivity index (χ1v) is 21.3. The highest BCUT2D eigenvalue weighted by Crippen LogP contribution is 2.53. The summed E-state index contributed by atoms with van der Waals surface area (Å²) in [6.07, 6.45) is 0. The minimum Gasteiger partial charge on any atom is -0.0619 e. The molecule has 0 fully saturated rings. The lowest BCUT2D eigenvalue weighted by molar-refractivity contribution is 0.660. The molecule has 0 atom stereocenters. The van der Waals surface area contributed by atoms with Crippen molar-refractivity contribution in [1.82, 2.24) is 0 Å². The molecule has 60 heavy (non-hydrogen) atoms. The minimum atomic E-state index is -0.0686. The predicted molar refractivity (Wildman–Crippen MR) is 256 cm³/mol. The predicted octanol–water partition coefficient (Wildman–Crippen LogP) is 16.4. The zero-order chi connectivity index (χ0) is 40.3. The number of hydrogen-bond acceptors (Lipinski definition) is 0. The normalized spacial score (nSPS) is 14.3. The van der Waals surface area contributed by atoms with Gasteiger partial charge in [-0.3, -0.25) is 0 Å². The van der Waals surface area contributed by atoms with Gasteiger partial charge in [0.25, 0.3) is 0 Å². The Morgan fingerprint density at radius 1 is 0.250 bits per heavy atom. The third kappa shape index (κ3) is 5.04. The summed E-state index contributed by atoms with van der Waals surface area (Å²) in [5.41, 5.74) is 20.9. The van der Waals surface area contributed by atoms with Crippen molar-refractivity contribution in [1.29, 1.82) is 0 Å². The molecule has 12 rings (SSSR count). The Hall–Kier alpha value is -7.02. The van der Waals surface area contributed by atoms with E-state index in [1.165, 1.54) is 121 Å². The SMILES string of the molecule is CC1(C)c2ccccc2-c2cc(-c3c4ccccc4c(-c4ccc(-c5ccc6ccccc6c5)cc4)c4ccc(-c5ccc6c(c5)C(C)(C)c5ccccc5-6)cc34)ccc21.